The minimum absolute atomic E-state index is 0.296. The van der Waals surface area contributed by atoms with Gasteiger partial charge < -0.3 is 4.57 Å². The number of imidazole rings is 1. The maximum absolute atomic E-state index is 12.8. The summed E-state index contributed by atoms with van der Waals surface area (Å²) in [5.74, 6) is 2.23. The molecule has 9 heteroatoms. The van der Waals surface area contributed by atoms with Gasteiger partial charge in [-0.2, -0.15) is 18.3 Å². The smallest absolute Gasteiger partial charge is 0.334 e. The van der Waals surface area contributed by atoms with Gasteiger partial charge in [-0.05, 0) is 25.3 Å². The van der Waals surface area contributed by atoms with Gasteiger partial charge in [-0.3, -0.25) is 4.90 Å². The fraction of sp³-hybridized carbons (Fsp3) is 0.706. The second kappa shape index (κ2) is 7.38. The number of fused-ring (bicyclic) bond motifs is 1. The number of nitrogens with zero attached hydrogens (tertiary/aromatic N) is 6. The van der Waals surface area contributed by atoms with Crippen molar-refractivity contribution >= 4 is 0 Å². The number of aromatic nitrogens is 5. The quantitative estimate of drug-likeness (QED) is 0.785. The van der Waals surface area contributed by atoms with Gasteiger partial charge in [-0.15, -0.1) is 0 Å². The van der Waals surface area contributed by atoms with Crippen molar-refractivity contribution in [2.45, 2.75) is 52.5 Å². The molecule has 6 nitrogen and oxygen atoms in total. The average Bonchev–Trinajstić information content (AvgIpc) is 3.13. The van der Waals surface area contributed by atoms with Crippen LogP contribution in [0.1, 0.15) is 37.6 Å². The fourth-order valence-corrected chi connectivity index (χ4v) is 3.46. The third kappa shape index (κ3) is 4.44. The molecule has 3 rings (SSSR count). The Labute approximate surface area is 151 Å². The molecule has 0 aliphatic carbocycles. The van der Waals surface area contributed by atoms with Crippen LogP contribution >= 0.6 is 0 Å². The lowest BCUT2D eigenvalue weighted by Gasteiger charge is -2.28. The Hall–Kier alpha value is -1.90. The normalized spacial score (nSPS) is 17.9. The van der Waals surface area contributed by atoms with Crippen molar-refractivity contribution in [1.82, 2.24) is 29.2 Å². The molecule has 26 heavy (non-hydrogen) atoms. The van der Waals surface area contributed by atoms with Crippen molar-refractivity contribution in [3.05, 3.63) is 29.9 Å². The molecule has 0 bridgehead atoms. The van der Waals surface area contributed by atoms with Crippen LogP contribution in [0.2, 0.25) is 0 Å². The average molecular weight is 370 g/mol. The summed E-state index contributed by atoms with van der Waals surface area (Å²) in [5.41, 5.74) is -0.789. The van der Waals surface area contributed by atoms with Gasteiger partial charge in [-0.1, -0.05) is 13.8 Å². The van der Waals surface area contributed by atoms with Crippen LogP contribution in [0.3, 0.4) is 0 Å². The Bertz CT molecular complexity index is 733. The van der Waals surface area contributed by atoms with E-state index in [4.69, 9.17) is 0 Å². The zero-order valence-electron chi connectivity index (χ0n) is 15.4. The summed E-state index contributed by atoms with van der Waals surface area (Å²) < 4.78 is 42.0. The molecular formula is C17H25F3N6. The first-order chi connectivity index (χ1) is 12.2. The van der Waals surface area contributed by atoms with Gasteiger partial charge in [0.05, 0.1) is 6.54 Å². The van der Waals surface area contributed by atoms with E-state index in [1.165, 1.54) is 0 Å². The topological polar surface area (TPSA) is 51.8 Å². The van der Waals surface area contributed by atoms with Crippen molar-refractivity contribution < 1.29 is 13.2 Å². The van der Waals surface area contributed by atoms with E-state index in [1.54, 1.807) is 10.9 Å². The molecule has 0 amide bonds. The monoisotopic (exact) mass is 370 g/mol. The zero-order valence-corrected chi connectivity index (χ0v) is 15.4. The van der Waals surface area contributed by atoms with Crippen LogP contribution in [-0.2, 0) is 32.2 Å². The molecule has 0 aromatic carbocycles. The standard InChI is InChI=1S/C17H25F3N6/c1-12(2)6-26-16(21-11-22-26)10-24(3)7-13-4-5-15-23-14(17(18,19)20)9-25(15)8-13/h9,11-13H,4-8,10H2,1-3H3/t13-/m1/s1. The highest BCUT2D eigenvalue weighted by Gasteiger charge is 2.35. The first-order valence-corrected chi connectivity index (χ1v) is 8.91. The zero-order chi connectivity index (χ0) is 18.9. The molecule has 3 heterocycles. The third-order valence-corrected chi connectivity index (χ3v) is 4.60. The summed E-state index contributed by atoms with van der Waals surface area (Å²) >= 11 is 0. The summed E-state index contributed by atoms with van der Waals surface area (Å²) in [5, 5.41) is 4.27. The van der Waals surface area contributed by atoms with Crippen LogP contribution in [-0.4, -0.2) is 42.8 Å². The number of alkyl halides is 3. The number of halogens is 3. The highest BCUT2D eigenvalue weighted by atomic mass is 19.4. The first-order valence-electron chi connectivity index (χ1n) is 8.91. The highest BCUT2D eigenvalue weighted by Crippen LogP contribution is 2.30. The summed E-state index contributed by atoms with van der Waals surface area (Å²) in [4.78, 5) is 10.2. The number of aryl methyl sites for hydroxylation is 1. The van der Waals surface area contributed by atoms with E-state index in [2.05, 4.69) is 33.8 Å². The van der Waals surface area contributed by atoms with Crippen molar-refractivity contribution in [3.63, 3.8) is 0 Å². The highest BCUT2D eigenvalue weighted by molar-refractivity contribution is 5.10. The van der Waals surface area contributed by atoms with E-state index < -0.39 is 11.9 Å². The first kappa shape index (κ1) is 18.9. The van der Waals surface area contributed by atoms with E-state index >= 15 is 0 Å². The predicted octanol–water partition coefficient (Wildman–Crippen LogP) is 2.84. The lowest BCUT2D eigenvalue weighted by molar-refractivity contribution is -0.141. The second-order valence-electron chi connectivity index (χ2n) is 7.55. The Morgan fingerprint density at radius 1 is 1.35 bits per heavy atom. The molecule has 0 radical (unpaired) electrons. The third-order valence-electron chi connectivity index (χ3n) is 4.60. The molecule has 0 saturated carbocycles. The maximum atomic E-state index is 12.8. The van der Waals surface area contributed by atoms with Crippen LogP contribution in [0.25, 0.3) is 0 Å². The molecule has 0 fully saturated rings. The van der Waals surface area contributed by atoms with E-state index in [1.807, 2.05) is 11.7 Å². The van der Waals surface area contributed by atoms with Crippen LogP contribution < -0.4 is 0 Å². The number of rotatable bonds is 6. The number of hydrogen-bond acceptors (Lipinski definition) is 4. The van der Waals surface area contributed by atoms with Gasteiger partial charge in [0.1, 0.15) is 18.0 Å². The molecule has 0 unspecified atom stereocenters. The van der Waals surface area contributed by atoms with Crippen molar-refractivity contribution in [2.75, 3.05) is 13.6 Å². The minimum Gasteiger partial charge on any atom is -0.334 e. The minimum atomic E-state index is -4.38. The van der Waals surface area contributed by atoms with Crippen molar-refractivity contribution in [2.24, 2.45) is 11.8 Å². The molecular weight excluding hydrogens is 345 g/mol. The maximum Gasteiger partial charge on any atom is 0.434 e. The van der Waals surface area contributed by atoms with Gasteiger partial charge in [-0.25, -0.2) is 14.6 Å². The van der Waals surface area contributed by atoms with Gasteiger partial charge in [0.2, 0.25) is 0 Å². The lowest BCUT2D eigenvalue weighted by atomic mass is 9.99. The number of hydrogen-bond donors (Lipinski definition) is 0. The van der Waals surface area contributed by atoms with Crippen LogP contribution in [0, 0.1) is 11.8 Å². The second-order valence-corrected chi connectivity index (χ2v) is 7.55. The van der Waals surface area contributed by atoms with Gasteiger partial charge in [0.15, 0.2) is 5.69 Å². The molecule has 1 aliphatic heterocycles. The molecule has 2 aromatic heterocycles. The molecule has 2 aromatic rings. The lowest BCUT2D eigenvalue weighted by Crippen LogP contribution is -2.32. The Morgan fingerprint density at radius 3 is 2.81 bits per heavy atom. The molecule has 1 atom stereocenters. The summed E-state index contributed by atoms with van der Waals surface area (Å²) in [7, 11) is 2.01. The van der Waals surface area contributed by atoms with Crippen LogP contribution in [0.5, 0.6) is 0 Å². The Morgan fingerprint density at radius 2 is 2.12 bits per heavy atom. The van der Waals surface area contributed by atoms with Crippen LogP contribution in [0.4, 0.5) is 13.2 Å². The largest absolute Gasteiger partial charge is 0.434 e. The summed E-state index contributed by atoms with van der Waals surface area (Å²) in [6.07, 6.45) is -0.240. The fourth-order valence-electron chi connectivity index (χ4n) is 3.46. The van der Waals surface area contributed by atoms with E-state index in [0.29, 0.717) is 37.2 Å². The summed E-state index contributed by atoms with van der Waals surface area (Å²) in [6.45, 7) is 7.14. The Balaban J connectivity index is 1.58. The van der Waals surface area contributed by atoms with Gasteiger partial charge in [0, 0.05) is 32.3 Å². The molecule has 144 valence electrons. The van der Waals surface area contributed by atoms with Gasteiger partial charge >= 0.3 is 6.18 Å². The molecule has 1 aliphatic rings. The molecule has 0 saturated heterocycles. The SMILES string of the molecule is CC(C)Cn1ncnc1CN(C)C[C@H]1CCc2nc(C(F)(F)F)cn2C1. The molecule has 0 N–H and O–H groups in total. The summed E-state index contributed by atoms with van der Waals surface area (Å²) in [6, 6.07) is 0. The van der Waals surface area contributed by atoms with E-state index in [9.17, 15) is 13.2 Å². The van der Waals surface area contributed by atoms with Crippen molar-refractivity contribution in [1.29, 1.82) is 0 Å². The van der Waals surface area contributed by atoms with E-state index in [0.717, 1.165) is 31.5 Å². The van der Waals surface area contributed by atoms with E-state index in [-0.39, 0.29) is 0 Å². The molecule has 0 spiro atoms. The van der Waals surface area contributed by atoms with Crippen molar-refractivity contribution in [3.8, 4) is 0 Å². The predicted molar refractivity (Wildman–Crippen MR) is 90.2 cm³/mol. The Kier molecular flexibility index (Phi) is 5.36. The van der Waals surface area contributed by atoms with Gasteiger partial charge in [0.25, 0.3) is 0 Å². The van der Waals surface area contributed by atoms with Crippen LogP contribution in [0.15, 0.2) is 12.5 Å².